The number of fused-ring (bicyclic) bond motifs is 1. The van der Waals surface area contributed by atoms with Gasteiger partial charge in [0.25, 0.3) is 0 Å². The van der Waals surface area contributed by atoms with Crippen LogP contribution in [0.2, 0.25) is 5.02 Å². The van der Waals surface area contributed by atoms with Crippen molar-refractivity contribution in [2.75, 3.05) is 5.32 Å². The van der Waals surface area contributed by atoms with Gasteiger partial charge in [-0.2, -0.15) is 0 Å². The molecule has 102 valence electrons. The number of nitrogens with zero attached hydrogens (tertiary/aromatic N) is 1. The van der Waals surface area contributed by atoms with E-state index in [0.29, 0.717) is 16.4 Å². The zero-order chi connectivity index (χ0) is 14.1. The second-order valence-electron chi connectivity index (χ2n) is 4.88. The van der Waals surface area contributed by atoms with Crippen molar-refractivity contribution < 1.29 is 4.79 Å². The minimum Gasteiger partial charge on any atom is -0.366 e. The van der Waals surface area contributed by atoms with E-state index in [1.807, 2.05) is 6.07 Å². The fourth-order valence-electron chi connectivity index (χ4n) is 2.45. The summed E-state index contributed by atoms with van der Waals surface area (Å²) >= 11 is 6.11. The van der Waals surface area contributed by atoms with Crippen LogP contribution in [0.25, 0.3) is 0 Å². The summed E-state index contributed by atoms with van der Waals surface area (Å²) in [6, 6.07) is 7.80. The van der Waals surface area contributed by atoms with E-state index in [9.17, 15) is 4.79 Å². The number of halogens is 1. The Balaban J connectivity index is 1.86. The minimum atomic E-state index is -0.538. The lowest BCUT2D eigenvalue weighted by atomic mass is 10.1. The summed E-state index contributed by atoms with van der Waals surface area (Å²) in [5.41, 5.74) is 9.23. The van der Waals surface area contributed by atoms with Crippen LogP contribution in [0.1, 0.15) is 27.9 Å². The van der Waals surface area contributed by atoms with Crippen molar-refractivity contribution >= 4 is 29.0 Å². The van der Waals surface area contributed by atoms with Crippen molar-refractivity contribution in [2.24, 2.45) is 5.73 Å². The van der Waals surface area contributed by atoms with Crippen LogP contribution >= 0.6 is 11.6 Å². The molecule has 1 aromatic carbocycles. The third-order valence-electron chi connectivity index (χ3n) is 3.49. The molecule has 0 radical (unpaired) electrons. The molecular weight excluding hydrogens is 274 g/mol. The van der Waals surface area contributed by atoms with Crippen molar-refractivity contribution in [3.05, 3.63) is 52.2 Å². The summed E-state index contributed by atoms with van der Waals surface area (Å²) in [4.78, 5) is 15.2. The zero-order valence-electron chi connectivity index (χ0n) is 10.8. The van der Waals surface area contributed by atoms with Crippen molar-refractivity contribution in [1.82, 2.24) is 4.98 Å². The summed E-state index contributed by atoms with van der Waals surface area (Å²) in [7, 11) is 0. The third-order valence-corrected chi connectivity index (χ3v) is 3.78. The Labute approximate surface area is 122 Å². The Morgan fingerprint density at radius 2 is 2.05 bits per heavy atom. The van der Waals surface area contributed by atoms with E-state index in [2.05, 4.69) is 22.4 Å². The van der Waals surface area contributed by atoms with Crippen molar-refractivity contribution in [1.29, 1.82) is 0 Å². The van der Waals surface area contributed by atoms with Crippen LogP contribution in [0.15, 0.2) is 30.5 Å². The highest BCUT2D eigenvalue weighted by Gasteiger charge is 2.12. The lowest BCUT2D eigenvalue weighted by Gasteiger charge is -2.09. The van der Waals surface area contributed by atoms with E-state index in [4.69, 9.17) is 17.3 Å². The van der Waals surface area contributed by atoms with Crippen LogP contribution in [0.5, 0.6) is 0 Å². The van der Waals surface area contributed by atoms with Gasteiger partial charge in [-0.25, -0.2) is 4.98 Å². The number of amides is 1. The maximum absolute atomic E-state index is 11.1. The molecular formula is C15H14ClN3O. The molecule has 0 fully saturated rings. The van der Waals surface area contributed by atoms with E-state index >= 15 is 0 Å². The highest BCUT2D eigenvalue weighted by atomic mass is 35.5. The van der Waals surface area contributed by atoms with Crippen LogP contribution in [-0.4, -0.2) is 10.9 Å². The molecule has 3 N–H and O–H groups in total. The van der Waals surface area contributed by atoms with Crippen LogP contribution in [0.4, 0.5) is 11.5 Å². The molecule has 1 amide bonds. The number of pyridine rings is 1. The number of carbonyl (C=O) groups excluding carboxylic acids is 1. The summed E-state index contributed by atoms with van der Waals surface area (Å²) < 4.78 is 0. The number of nitrogens with one attached hydrogen (secondary N) is 1. The lowest BCUT2D eigenvalue weighted by Crippen LogP contribution is -2.11. The van der Waals surface area contributed by atoms with Crippen molar-refractivity contribution in [3.63, 3.8) is 0 Å². The smallest absolute Gasteiger partial charge is 0.250 e. The topological polar surface area (TPSA) is 68.0 Å². The summed E-state index contributed by atoms with van der Waals surface area (Å²) in [6.45, 7) is 0. The van der Waals surface area contributed by atoms with Gasteiger partial charge in [0.15, 0.2) is 0 Å². The molecule has 1 heterocycles. The first kappa shape index (κ1) is 12.9. The Bertz CT molecular complexity index is 685. The highest BCUT2D eigenvalue weighted by Crippen LogP contribution is 2.28. The summed E-state index contributed by atoms with van der Waals surface area (Å²) in [5.74, 6) is -0.0157. The molecule has 0 bridgehead atoms. The van der Waals surface area contributed by atoms with E-state index in [1.165, 1.54) is 29.8 Å². The standard InChI is InChI=1S/C15H14ClN3O/c16-13-7-11(14(17)20)8-18-15(13)19-12-5-4-9-2-1-3-10(9)6-12/h4-8H,1-3H2,(H2,17,20)(H,18,19). The quantitative estimate of drug-likeness (QED) is 0.911. The number of benzene rings is 1. The van der Waals surface area contributed by atoms with E-state index in [1.54, 1.807) is 0 Å². The Kier molecular flexibility index (Phi) is 3.32. The number of rotatable bonds is 3. The van der Waals surface area contributed by atoms with Gasteiger partial charge in [-0.1, -0.05) is 17.7 Å². The van der Waals surface area contributed by atoms with E-state index in [-0.39, 0.29) is 0 Å². The van der Waals surface area contributed by atoms with Gasteiger partial charge in [-0.15, -0.1) is 0 Å². The molecule has 0 spiro atoms. The number of aryl methyl sites for hydroxylation is 2. The van der Waals surface area contributed by atoms with Gasteiger partial charge >= 0.3 is 0 Å². The van der Waals surface area contributed by atoms with Gasteiger partial charge in [-0.3, -0.25) is 4.79 Å². The molecule has 4 nitrogen and oxygen atoms in total. The number of carbonyl (C=O) groups is 1. The second kappa shape index (κ2) is 5.13. The maximum atomic E-state index is 11.1. The number of nitrogens with two attached hydrogens (primary N) is 1. The fourth-order valence-corrected chi connectivity index (χ4v) is 2.66. The fraction of sp³-hybridized carbons (Fsp3) is 0.200. The van der Waals surface area contributed by atoms with Crippen molar-refractivity contribution in [2.45, 2.75) is 19.3 Å². The van der Waals surface area contributed by atoms with Gasteiger partial charge in [0, 0.05) is 11.9 Å². The number of aromatic nitrogens is 1. The van der Waals surface area contributed by atoms with Gasteiger partial charge in [-0.05, 0) is 48.6 Å². The highest BCUT2D eigenvalue weighted by molar-refractivity contribution is 6.33. The van der Waals surface area contributed by atoms with Gasteiger partial charge in [0.05, 0.1) is 10.6 Å². The molecule has 1 aromatic heterocycles. The average molecular weight is 288 g/mol. The Hall–Kier alpha value is -2.07. The SMILES string of the molecule is NC(=O)c1cnc(Nc2ccc3c(c2)CCC3)c(Cl)c1. The van der Waals surface area contributed by atoms with Gasteiger partial charge in [0.1, 0.15) is 5.82 Å². The monoisotopic (exact) mass is 287 g/mol. The molecule has 1 aliphatic carbocycles. The number of hydrogen-bond acceptors (Lipinski definition) is 3. The molecule has 20 heavy (non-hydrogen) atoms. The molecule has 0 saturated heterocycles. The first-order valence-electron chi connectivity index (χ1n) is 6.47. The van der Waals surface area contributed by atoms with Crippen LogP contribution in [0, 0.1) is 0 Å². The summed E-state index contributed by atoms with van der Waals surface area (Å²) in [5, 5.41) is 3.55. The Morgan fingerprint density at radius 3 is 2.80 bits per heavy atom. The molecule has 0 atom stereocenters. The number of primary amides is 1. The van der Waals surface area contributed by atoms with Crippen LogP contribution in [-0.2, 0) is 12.8 Å². The molecule has 5 heteroatoms. The van der Waals surface area contributed by atoms with E-state index < -0.39 is 5.91 Å². The summed E-state index contributed by atoms with van der Waals surface area (Å²) in [6.07, 6.45) is 4.91. The van der Waals surface area contributed by atoms with Gasteiger partial charge in [0.2, 0.25) is 5.91 Å². The first-order valence-corrected chi connectivity index (χ1v) is 6.85. The molecule has 2 aromatic rings. The molecule has 0 saturated carbocycles. The zero-order valence-corrected chi connectivity index (χ0v) is 11.6. The van der Waals surface area contributed by atoms with Crippen LogP contribution < -0.4 is 11.1 Å². The largest absolute Gasteiger partial charge is 0.366 e. The van der Waals surface area contributed by atoms with Gasteiger partial charge < -0.3 is 11.1 Å². The Morgan fingerprint density at radius 1 is 1.25 bits per heavy atom. The van der Waals surface area contributed by atoms with Crippen LogP contribution in [0.3, 0.4) is 0 Å². The molecule has 3 rings (SSSR count). The predicted molar refractivity (Wildman–Crippen MR) is 79.5 cm³/mol. The van der Waals surface area contributed by atoms with E-state index in [0.717, 1.165) is 18.5 Å². The second-order valence-corrected chi connectivity index (χ2v) is 5.29. The molecule has 0 unspecified atom stereocenters. The normalized spacial score (nSPS) is 13.1. The molecule has 1 aliphatic rings. The predicted octanol–water partition coefficient (Wildman–Crippen LogP) is 3.07. The lowest BCUT2D eigenvalue weighted by molar-refractivity contribution is 0.1000. The van der Waals surface area contributed by atoms with Crippen molar-refractivity contribution in [3.8, 4) is 0 Å². The number of anilines is 2. The minimum absolute atomic E-state index is 0.300. The first-order chi connectivity index (χ1) is 9.63. The molecule has 0 aliphatic heterocycles. The maximum Gasteiger partial charge on any atom is 0.250 e. The third kappa shape index (κ3) is 2.47. The average Bonchev–Trinajstić information content (AvgIpc) is 2.88. The number of hydrogen-bond donors (Lipinski definition) is 2.